The fourth-order valence-corrected chi connectivity index (χ4v) is 7.49. The van der Waals surface area contributed by atoms with E-state index in [1.165, 1.54) is 37.7 Å². The second-order valence-corrected chi connectivity index (χ2v) is 12.2. The van der Waals surface area contributed by atoms with E-state index >= 15 is 4.39 Å². The predicted molar refractivity (Wildman–Crippen MR) is 167 cm³/mol. The van der Waals surface area contributed by atoms with Crippen LogP contribution >= 0.6 is 0 Å². The third-order valence-corrected chi connectivity index (χ3v) is 9.71. The molecule has 3 fully saturated rings. The van der Waals surface area contributed by atoms with Crippen molar-refractivity contribution >= 4 is 29.0 Å². The van der Waals surface area contributed by atoms with Gasteiger partial charge in [-0.1, -0.05) is 0 Å². The molecule has 0 unspecified atom stereocenters. The molecule has 0 atom stereocenters. The molecule has 0 radical (unpaired) electrons. The number of nitrogens with one attached hydrogen (secondary N) is 1. The molecule has 1 aromatic carbocycles. The van der Waals surface area contributed by atoms with E-state index in [1.807, 2.05) is 42.7 Å². The van der Waals surface area contributed by atoms with Crippen LogP contribution in [0.3, 0.4) is 0 Å². The van der Waals surface area contributed by atoms with E-state index in [1.54, 1.807) is 4.68 Å². The lowest BCUT2D eigenvalue weighted by molar-refractivity contribution is 0.207. The van der Waals surface area contributed by atoms with Crippen LogP contribution in [0.2, 0.25) is 0 Å². The van der Waals surface area contributed by atoms with Gasteiger partial charge in [0.2, 0.25) is 11.9 Å². The molecule has 2 bridgehead atoms. The SMILES string of the molecule is Nc1nc(Nc2ccc(N3CCC(N4CCCC4)CC3)c(F)c2)nn1-c1cc(-c2ccncc2)c2c(n1)C1CCN2CC1. The number of likely N-dealkylation sites (tertiary alicyclic amines) is 1. The number of nitrogen functional groups attached to an aromatic ring is 1. The van der Waals surface area contributed by atoms with E-state index < -0.39 is 0 Å². The Bertz CT molecular complexity index is 1620. The van der Waals surface area contributed by atoms with Crippen molar-refractivity contribution in [1.82, 2.24) is 29.6 Å². The van der Waals surface area contributed by atoms with Crippen LogP contribution in [-0.4, -0.2) is 74.9 Å². The van der Waals surface area contributed by atoms with Crippen molar-refractivity contribution in [1.29, 1.82) is 0 Å². The van der Waals surface area contributed by atoms with Gasteiger partial charge in [0.15, 0.2) is 5.82 Å². The zero-order valence-electron chi connectivity index (χ0n) is 24.3. The lowest BCUT2D eigenvalue weighted by Crippen LogP contribution is -2.44. The Labute approximate surface area is 250 Å². The summed E-state index contributed by atoms with van der Waals surface area (Å²) in [6.45, 7) is 6.26. The fourth-order valence-electron chi connectivity index (χ4n) is 7.49. The first kappa shape index (κ1) is 26.4. The summed E-state index contributed by atoms with van der Waals surface area (Å²) in [7, 11) is 0. The van der Waals surface area contributed by atoms with Gasteiger partial charge in [0.25, 0.3) is 0 Å². The Kier molecular flexibility index (Phi) is 6.62. The van der Waals surface area contributed by atoms with Crippen LogP contribution in [0.4, 0.5) is 33.3 Å². The van der Waals surface area contributed by atoms with Crippen molar-refractivity contribution in [2.45, 2.75) is 50.5 Å². The molecule has 9 rings (SSSR count). The highest BCUT2D eigenvalue weighted by atomic mass is 19.1. The number of hydrogen-bond donors (Lipinski definition) is 2. The maximum absolute atomic E-state index is 15.3. The van der Waals surface area contributed by atoms with E-state index in [-0.39, 0.29) is 11.8 Å². The van der Waals surface area contributed by atoms with Crippen molar-refractivity contribution in [3.8, 4) is 16.9 Å². The van der Waals surface area contributed by atoms with Crippen LogP contribution in [0.1, 0.15) is 50.1 Å². The summed E-state index contributed by atoms with van der Waals surface area (Å²) in [5.41, 5.74) is 12.1. The summed E-state index contributed by atoms with van der Waals surface area (Å²) in [5, 5.41) is 7.81. The van der Waals surface area contributed by atoms with E-state index in [0.717, 1.165) is 68.7 Å². The van der Waals surface area contributed by atoms with Crippen molar-refractivity contribution in [2.75, 3.05) is 60.1 Å². The molecule has 5 aliphatic heterocycles. The predicted octanol–water partition coefficient (Wildman–Crippen LogP) is 4.95. The summed E-state index contributed by atoms with van der Waals surface area (Å²) in [6, 6.07) is 12.0. The van der Waals surface area contributed by atoms with Gasteiger partial charge < -0.3 is 25.8 Å². The molecule has 11 heteroatoms. The Hall–Kier alpha value is -4.25. The van der Waals surface area contributed by atoms with Gasteiger partial charge in [-0.25, -0.2) is 9.37 Å². The second kappa shape index (κ2) is 10.8. The third kappa shape index (κ3) is 4.85. The maximum Gasteiger partial charge on any atom is 0.248 e. The molecule has 0 spiro atoms. The highest BCUT2D eigenvalue weighted by molar-refractivity contribution is 5.83. The standard InChI is InChI=1S/C32H37FN10/c33-26-19-23(3-4-27(26)41-17-9-24(10-18-41)40-13-1-2-14-40)36-32-38-31(34)43(39-32)28-20-25(21-5-11-35-12-6-21)30-29(37-28)22-7-15-42(30)16-8-22/h3-6,11-12,19-20,22,24H,1-2,7-10,13-18H2,(H3,34,36,38,39). The number of anilines is 5. The van der Waals surface area contributed by atoms with Crippen molar-refractivity contribution in [2.24, 2.45) is 0 Å². The van der Waals surface area contributed by atoms with Crippen LogP contribution in [0.25, 0.3) is 16.9 Å². The first-order valence-electron chi connectivity index (χ1n) is 15.6. The quantitative estimate of drug-likeness (QED) is 0.328. The molecule has 3 N–H and O–H groups in total. The maximum atomic E-state index is 15.3. The molecule has 0 saturated carbocycles. The molecule has 3 saturated heterocycles. The average molecular weight is 581 g/mol. The van der Waals surface area contributed by atoms with Gasteiger partial charge in [0.05, 0.1) is 17.1 Å². The first-order valence-corrected chi connectivity index (χ1v) is 15.6. The number of hydrogen-bond acceptors (Lipinski definition) is 9. The highest BCUT2D eigenvalue weighted by Gasteiger charge is 2.35. The van der Waals surface area contributed by atoms with Gasteiger partial charge in [-0.05, 0) is 93.6 Å². The van der Waals surface area contributed by atoms with Crippen LogP contribution in [-0.2, 0) is 0 Å². The number of aromatic nitrogens is 5. The summed E-state index contributed by atoms with van der Waals surface area (Å²) in [5.74, 6) is 1.30. The summed E-state index contributed by atoms with van der Waals surface area (Å²) < 4.78 is 16.9. The van der Waals surface area contributed by atoms with E-state index in [9.17, 15) is 0 Å². The zero-order valence-corrected chi connectivity index (χ0v) is 24.3. The molecule has 3 aromatic heterocycles. The van der Waals surface area contributed by atoms with Crippen LogP contribution < -0.4 is 20.9 Å². The van der Waals surface area contributed by atoms with Gasteiger partial charge >= 0.3 is 0 Å². The number of nitrogens with zero attached hydrogens (tertiary/aromatic N) is 8. The molecule has 4 aromatic rings. The monoisotopic (exact) mass is 580 g/mol. The fraction of sp³-hybridized carbons (Fsp3) is 0.438. The largest absolute Gasteiger partial charge is 0.370 e. The minimum absolute atomic E-state index is 0.217. The molecule has 43 heavy (non-hydrogen) atoms. The van der Waals surface area contributed by atoms with Crippen molar-refractivity contribution in [3.05, 3.63) is 60.3 Å². The molecule has 0 amide bonds. The number of pyridine rings is 2. The third-order valence-electron chi connectivity index (χ3n) is 9.71. The van der Waals surface area contributed by atoms with E-state index in [2.05, 4.69) is 35.1 Å². The van der Waals surface area contributed by atoms with Crippen LogP contribution in [0.5, 0.6) is 0 Å². The number of piperidine rings is 2. The highest BCUT2D eigenvalue weighted by Crippen LogP contribution is 2.46. The van der Waals surface area contributed by atoms with Crippen LogP contribution in [0.15, 0.2) is 48.8 Å². The Balaban J connectivity index is 1.03. The topological polar surface area (TPSA) is 104 Å². The van der Waals surface area contributed by atoms with Crippen molar-refractivity contribution in [3.63, 3.8) is 0 Å². The molecule has 5 aliphatic rings. The Morgan fingerprint density at radius 2 is 1.58 bits per heavy atom. The minimum atomic E-state index is -0.250. The number of nitrogens with two attached hydrogens (primary N) is 1. The van der Waals surface area contributed by atoms with Gasteiger partial charge in [-0.2, -0.15) is 9.67 Å². The van der Waals surface area contributed by atoms with Crippen molar-refractivity contribution < 1.29 is 4.39 Å². The lowest BCUT2D eigenvalue weighted by Gasteiger charge is -2.42. The number of rotatable bonds is 6. The lowest BCUT2D eigenvalue weighted by atomic mass is 9.84. The normalized spacial score (nSPS) is 19.3. The molecule has 0 aliphatic carbocycles. The first-order chi connectivity index (χ1) is 21.1. The summed E-state index contributed by atoms with van der Waals surface area (Å²) in [4.78, 5) is 20.9. The number of halogens is 1. The number of benzene rings is 1. The minimum Gasteiger partial charge on any atom is -0.370 e. The number of fused-ring (bicyclic) bond motifs is 2. The molecule has 8 heterocycles. The Morgan fingerprint density at radius 3 is 2.33 bits per heavy atom. The van der Waals surface area contributed by atoms with E-state index in [0.29, 0.717) is 35.1 Å². The molecule has 10 nitrogen and oxygen atoms in total. The second-order valence-electron chi connectivity index (χ2n) is 12.2. The summed E-state index contributed by atoms with van der Waals surface area (Å²) in [6.07, 6.45) is 10.6. The molecule has 222 valence electrons. The van der Waals surface area contributed by atoms with E-state index in [4.69, 9.17) is 10.7 Å². The smallest absolute Gasteiger partial charge is 0.248 e. The van der Waals surface area contributed by atoms with Gasteiger partial charge in [0.1, 0.15) is 5.82 Å². The molecular formula is C32H37FN10. The summed E-state index contributed by atoms with van der Waals surface area (Å²) >= 11 is 0. The Morgan fingerprint density at radius 1 is 0.837 bits per heavy atom. The van der Waals surface area contributed by atoms with Crippen LogP contribution in [0, 0.1) is 5.82 Å². The zero-order chi connectivity index (χ0) is 28.9. The molecular weight excluding hydrogens is 543 g/mol. The van der Waals surface area contributed by atoms with Gasteiger partial charge in [-0.3, -0.25) is 4.98 Å². The van der Waals surface area contributed by atoms with Gasteiger partial charge in [0, 0.05) is 61.8 Å². The van der Waals surface area contributed by atoms with Gasteiger partial charge in [-0.15, -0.1) is 5.10 Å². The average Bonchev–Trinajstić information content (AvgIpc) is 3.72.